The number of nitrogens with zero attached hydrogens (tertiary/aromatic N) is 1. The number of carbonyl (C=O) groups is 1. The van der Waals surface area contributed by atoms with Crippen molar-refractivity contribution in [2.45, 2.75) is 53.0 Å². The van der Waals surface area contributed by atoms with Crippen LogP contribution < -0.4 is 0 Å². The lowest BCUT2D eigenvalue weighted by Gasteiger charge is -2.10. The van der Waals surface area contributed by atoms with Gasteiger partial charge in [0.05, 0.1) is 11.1 Å². The molecule has 1 aromatic heterocycles. The van der Waals surface area contributed by atoms with Gasteiger partial charge in [-0.25, -0.2) is 4.79 Å². The average Bonchev–Trinajstić information content (AvgIpc) is 2.77. The van der Waals surface area contributed by atoms with Crippen LogP contribution in [0.4, 0.5) is 0 Å². The Balaban J connectivity index is 2.78. The van der Waals surface area contributed by atoms with Crippen molar-refractivity contribution in [2.24, 2.45) is 0 Å². The van der Waals surface area contributed by atoms with E-state index in [4.69, 9.17) is 5.11 Å². The van der Waals surface area contributed by atoms with E-state index in [1.54, 1.807) is 12.1 Å². The molecule has 0 saturated heterocycles. The van der Waals surface area contributed by atoms with Crippen molar-refractivity contribution in [3.8, 4) is 0 Å². The molecule has 0 unspecified atom stereocenters. The summed E-state index contributed by atoms with van der Waals surface area (Å²) in [6.07, 6.45) is 3.32. The van der Waals surface area contributed by atoms with Crippen LogP contribution in [0.3, 0.4) is 0 Å². The van der Waals surface area contributed by atoms with E-state index < -0.39 is 5.97 Å². The number of carboxylic acid groups (broad SMARTS) is 1. The van der Waals surface area contributed by atoms with Gasteiger partial charge in [-0.15, -0.1) is 0 Å². The number of aryl methyl sites for hydroxylation is 3. The van der Waals surface area contributed by atoms with Crippen LogP contribution in [-0.4, -0.2) is 27.4 Å². The maximum Gasteiger partial charge on any atom is 0.335 e. The largest absolute Gasteiger partial charge is 0.478 e. The van der Waals surface area contributed by atoms with Crippen LogP contribution in [0.5, 0.6) is 0 Å². The number of aromatic carboxylic acids is 1. The van der Waals surface area contributed by atoms with Gasteiger partial charge in [0.1, 0.15) is 0 Å². The van der Waals surface area contributed by atoms with E-state index in [0.717, 1.165) is 36.8 Å². The molecule has 4 nitrogen and oxygen atoms in total. The summed E-state index contributed by atoms with van der Waals surface area (Å²) in [6, 6.07) is 3.59. The molecule has 0 saturated carbocycles. The zero-order valence-corrected chi connectivity index (χ0v) is 13.6. The van der Waals surface area contributed by atoms with Crippen LogP contribution in [0.15, 0.2) is 12.1 Å². The molecule has 0 fully saturated rings. The van der Waals surface area contributed by atoms with Crippen molar-refractivity contribution in [3.05, 3.63) is 34.5 Å². The van der Waals surface area contributed by atoms with E-state index >= 15 is 0 Å². The highest BCUT2D eigenvalue weighted by molar-refractivity contribution is 5.97. The minimum Gasteiger partial charge on any atom is -0.478 e. The highest BCUT2D eigenvalue weighted by Gasteiger charge is 2.18. The van der Waals surface area contributed by atoms with Gasteiger partial charge >= 0.3 is 5.97 Å². The van der Waals surface area contributed by atoms with Gasteiger partial charge in [-0.3, -0.25) is 0 Å². The average molecular weight is 303 g/mol. The van der Waals surface area contributed by atoms with E-state index in [1.807, 2.05) is 0 Å². The molecule has 2 aromatic rings. The second-order valence-corrected chi connectivity index (χ2v) is 5.73. The molecule has 0 amide bonds. The summed E-state index contributed by atoms with van der Waals surface area (Å²) in [6.45, 7) is 7.39. The summed E-state index contributed by atoms with van der Waals surface area (Å²) in [7, 11) is 0. The molecule has 0 atom stereocenters. The molecule has 1 aromatic carbocycles. The molecule has 0 aliphatic rings. The van der Waals surface area contributed by atoms with Crippen molar-refractivity contribution in [1.29, 1.82) is 0 Å². The van der Waals surface area contributed by atoms with Gasteiger partial charge in [-0.05, 0) is 55.9 Å². The third-order valence-corrected chi connectivity index (χ3v) is 4.29. The molecule has 0 radical (unpaired) electrons. The summed E-state index contributed by atoms with van der Waals surface area (Å²) in [5.74, 6) is -0.884. The molecular formula is C18H25NO3. The summed E-state index contributed by atoms with van der Waals surface area (Å²) < 4.78 is 2.31. The van der Waals surface area contributed by atoms with Gasteiger partial charge in [-0.1, -0.05) is 13.8 Å². The molecule has 0 aliphatic heterocycles. The number of aliphatic hydroxyl groups is 1. The number of fused-ring (bicyclic) bond motifs is 1. The quantitative estimate of drug-likeness (QED) is 0.822. The van der Waals surface area contributed by atoms with E-state index in [0.29, 0.717) is 12.0 Å². The fraction of sp³-hybridized carbons (Fsp3) is 0.500. The summed E-state index contributed by atoms with van der Waals surface area (Å²) in [5, 5.41) is 19.5. The first kappa shape index (κ1) is 16.6. The first-order valence-corrected chi connectivity index (χ1v) is 8.03. The third kappa shape index (κ3) is 2.88. The lowest BCUT2D eigenvalue weighted by Crippen LogP contribution is -2.03. The molecule has 4 heteroatoms. The van der Waals surface area contributed by atoms with Crippen molar-refractivity contribution in [3.63, 3.8) is 0 Å². The van der Waals surface area contributed by atoms with Crippen molar-refractivity contribution >= 4 is 16.9 Å². The number of rotatable bonds is 7. The maximum atomic E-state index is 11.4. The van der Waals surface area contributed by atoms with E-state index in [-0.39, 0.29) is 6.61 Å². The second kappa shape index (κ2) is 6.97. The number of carboxylic acids is 1. The van der Waals surface area contributed by atoms with Gasteiger partial charge in [0.25, 0.3) is 0 Å². The Morgan fingerprint density at radius 3 is 2.55 bits per heavy atom. The topological polar surface area (TPSA) is 62.5 Å². The minimum atomic E-state index is -0.884. The van der Waals surface area contributed by atoms with Crippen LogP contribution in [0.25, 0.3) is 10.9 Å². The molecule has 2 N–H and O–H groups in total. The Hall–Kier alpha value is -1.81. The highest BCUT2D eigenvalue weighted by Crippen LogP contribution is 2.31. The predicted octanol–water partition coefficient (Wildman–Crippen LogP) is 3.55. The zero-order valence-electron chi connectivity index (χ0n) is 13.6. The van der Waals surface area contributed by atoms with E-state index in [9.17, 15) is 9.90 Å². The fourth-order valence-electron chi connectivity index (χ4n) is 3.24. The van der Waals surface area contributed by atoms with Crippen LogP contribution in [0.2, 0.25) is 0 Å². The smallest absolute Gasteiger partial charge is 0.335 e. The first-order valence-electron chi connectivity index (χ1n) is 8.03. The number of benzene rings is 1. The van der Waals surface area contributed by atoms with Gasteiger partial charge in [0.15, 0.2) is 0 Å². The summed E-state index contributed by atoms with van der Waals surface area (Å²) in [5.41, 5.74) is 4.97. The van der Waals surface area contributed by atoms with Crippen LogP contribution in [0.1, 0.15) is 53.9 Å². The highest BCUT2D eigenvalue weighted by atomic mass is 16.4. The molecular weight excluding hydrogens is 278 g/mol. The second-order valence-electron chi connectivity index (χ2n) is 5.73. The lowest BCUT2D eigenvalue weighted by atomic mass is 10.00. The Morgan fingerprint density at radius 2 is 2.00 bits per heavy atom. The van der Waals surface area contributed by atoms with Crippen molar-refractivity contribution in [1.82, 2.24) is 4.57 Å². The standard InChI is InChI=1S/C18H25NO3/c1-4-8-19-12(3)15(7-6-9-20)16-11-14(18(21)22)10-13(5-2)17(16)19/h10-11,20H,4-9H2,1-3H3,(H,21,22). The van der Waals surface area contributed by atoms with E-state index in [1.165, 1.54) is 16.8 Å². The third-order valence-electron chi connectivity index (χ3n) is 4.29. The number of aliphatic hydroxyl groups excluding tert-OH is 1. The minimum absolute atomic E-state index is 0.152. The van der Waals surface area contributed by atoms with Gasteiger partial charge < -0.3 is 14.8 Å². The van der Waals surface area contributed by atoms with Crippen molar-refractivity contribution < 1.29 is 15.0 Å². The SMILES string of the molecule is CCCn1c(C)c(CCCO)c2cc(C(=O)O)cc(CC)c21. The Labute approximate surface area is 131 Å². The number of hydrogen-bond acceptors (Lipinski definition) is 2. The molecule has 22 heavy (non-hydrogen) atoms. The maximum absolute atomic E-state index is 11.4. The molecule has 0 bridgehead atoms. The fourth-order valence-corrected chi connectivity index (χ4v) is 3.24. The number of aromatic nitrogens is 1. The Kier molecular flexibility index (Phi) is 5.24. The van der Waals surface area contributed by atoms with Crippen LogP contribution in [0, 0.1) is 6.92 Å². The van der Waals surface area contributed by atoms with E-state index in [2.05, 4.69) is 25.3 Å². The normalized spacial score (nSPS) is 11.3. The first-order chi connectivity index (χ1) is 10.5. The molecule has 0 spiro atoms. The Morgan fingerprint density at radius 1 is 1.27 bits per heavy atom. The monoisotopic (exact) mass is 303 g/mol. The van der Waals surface area contributed by atoms with Gasteiger partial charge in [-0.2, -0.15) is 0 Å². The Bertz CT molecular complexity index is 685. The van der Waals surface area contributed by atoms with Gasteiger partial charge in [0, 0.05) is 24.2 Å². The van der Waals surface area contributed by atoms with Gasteiger partial charge in [0.2, 0.25) is 0 Å². The molecule has 2 rings (SSSR count). The number of hydrogen-bond donors (Lipinski definition) is 2. The van der Waals surface area contributed by atoms with Crippen LogP contribution >= 0.6 is 0 Å². The summed E-state index contributed by atoms with van der Waals surface area (Å²) >= 11 is 0. The molecule has 120 valence electrons. The zero-order chi connectivity index (χ0) is 16.3. The lowest BCUT2D eigenvalue weighted by molar-refractivity contribution is 0.0697. The molecule has 0 aliphatic carbocycles. The predicted molar refractivity (Wildman–Crippen MR) is 88.7 cm³/mol. The van der Waals surface area contributed by atoms with Crippen molar-refractivity contribution in [2.75, 3.05) is 6.61 Å². The summed E-state index contributed by atoms with van der Waals surface area (Å²) in [4.78, 5) is 11.4. The molecule has 1 heterocycles. The van der Waals surface area contributed by atoms with Crippen LogP contribution in [-0.2, 0) is 19.4 Å².